The predicted molar refractivity (Wildman–Crippen MR) is 147 cm³/mol. The average Bonchev–Trinajstić information content (AvgIpc) is 3.58. The van der Waals surface area contributed by atoms with E-state index in [4.69, 9.17) is 11.6 Å². The van der Waals surface area contributed by atoms with Crippen molar-refractivity contribution in [3.8, 4) is 0 Å². The molecule has 0 bridgehead atoms. The van der Waals surface area contributed by atoms with E-state index < -0.39 is 41.7 Å². The quantitative estimate of drug-likeness (QED) is 0.454. The van der Waals surface area contributed by atoms with Crippen molar-refractivity contribution in [1.82, 2.24) is 15.5 Å². The molecule has 12 heteroatoms. The smallest absolute Gasteiger partial charge is 0.251 e. The summed E-state index contributed by atoms with van der Waals surface area (Å²) in [6.07, 6.45) is -0.256. The van der Waals surface area contributed by atoms with Crippen LogP contribution < -0.4 is 15.5 Å². The first kappa shape index (κ1) is 28.4. The van der Waals surface area contributed by atoms with Crippen molar-refractivity contribution in [2.75, 3.05) is 10.8 Å². The van der Waals surface area contributed by atoms with E-state index in [2.05, 4.69) is 10.6 Å². The van der Waals surface area contributed by atoms with E-state index in [0.717, 1.165) is 6.07 Å². The molecule has 3 aliphatic rings. The van der Waals surface area contributed by atoms with Gasteiger partial charge in [0.15, 0.2) is 0 Å². The number of nitrogens with one attached hydrogen (secondary N) is 2. The maximum Gasteiger partial charge on any atom is 0.251 e. The molecule has 0 radical (unpaired) electrons. The SMILES string of the molecule is O=C(NC1CCC(F)(F)CC1)[C@H](c1ccccc1Cl)N(C(=O)[C@@H]1CCC(=O)N1C1=CSCN1)c1cccc(F)c1. The third-order valence-electron chi connectivity index (χ3n) is 7.38. The molecule has 0 aromatic heterocycles. The molecule has 5 rings (SSSR count). The molecular weight excluding hydrogens is 565 g/mol. The predicted octanol–water partition coefficient (Wildman–Crippen LogP) is 5.33. The molecule has 2 heterocycles. The molecule has 0 spiro atoms. The standard InChI is InChI=1S/C28H28ClF3N4O3S/c29-21-7-2-1-6-20(21)25(26(38)34-18-10-12-28(31,32)13-11-18)35(19-5-3-4-17(30)14-19)27(39)22-8-9-24(37)36(22)23-15-40-16-33-23/h1-7,14-15,18,22,25,33H,8-13,16H2,(H,34,38)/t22-,25-/m0/s1. The third kappa shape index (κ3) is 5.95. The Morgan fingerprint density at radius 2 is 1.88 bits per heavy atom. The summed E-state index contributed by atoms with van der Waals surface area (Å²) in [5.74, 6) is -3.85. The lowest BCUT2D eigenvalue weighted by molar-refractivity contribution is -0.133. The van der Waals surface area contributed by atoms with Crippen LogP contribution in [0.5, 0.6) is 0 Å². The molecule has 1 saturated heterocycles. The lowest BCUT2D eigenvalue weighted by atomic mass is 9.91. The Bertz CT molecular complexity index is 1330. The van der Waals surface area contributed by atoms with Gasteiger partial charge in [-0.15, -0.1) is 11.8 Å². The number of anilines is 1. The van der Waals surface area contributed by atoms with Gasteiger partial charge >= 0.3 is 0 Å². The zero-order valence-corrected chi connectivity index (χ0v) is 23.0. The number of carbonyl (C=O) groups excluding carboxylic acids is 3. The Balaban J connectivity index is 1.56. The van der Waals surface area contributed by atoms with Crippen LogP contribution in [0.1, 0.15) is 50.1 Å². The summed E-state index contributed by atoms with van der Waals surface area (Å²) < 4.78 is 42.1. The van der Waals surface area contributed by atoms with Gasteiger partial charge in [-0.05, 0) is 43.5 Å². The lowest BCUT2D eigenvalue weighted by Gasteiger charge is -2.37. The minimum Gasteiger partial charge on any atom is -0.362 e. The molecule has 7 nitrogen and oxygen atoms in total. The van der Waals surface area contributed by atoms with Gasteiger partial charge in [0.1, 0.15) is 23.7 Å². The molecule has 3 amide bonds. The Hall–Kier alpha value is -3.18. The first-order valence-corrected chi connectivity index (χ1v) is 14.5. The van der Waals surface area contributed by atoms with Crippen LogP contribution in [0.4, 0.5) is 18.9 Å². The highest BCUT2D eigenvalue weighted by molar-refractivity contribution is 8.02. The number of amides is 3. The van der Waals surface area contributed by atoms with Crippen molar-refractivity contribution in [1.29, 1.82) is 0 Å². The highest BCUT2D eigenvalue weighted by Crippen LogP contribution is 2.37. The second-order valence-corrected chi connectivity index (χ2v) is 11.3. The summed E-state index contributed by atoms with van der Waals surface area (Å²) in [4.78, 5) is 43.8. The second kappa shape index (κ2) is 11.7. The normalized spacial score (nSPS) is 21.5. The Morgan fingerprint density at radius 3 is 2.55 bits per heavy atom. The number of benzene rings is 2. The Labute approximate surface area is 239 Å². The number of nitrogens with zero attached hydrogens (tertiary/aromatic N) is 2. The summed E-state index contributed by atoms with van der Waals surface area (Å²) in [6, 6.07) is 8.93. The Morgan fingerprint density at radius 1 is 1.12 bits per heavy atom. The van der Waals surface area contributed by atoms with Crippen LogP contribution in [0.2, 0.25) is 5.02 Å². The van der Waals surface area contributed by atoms with Gasteiger partial charge in [-0.1, -0.05) is 35.9 Å². The minimum atomic E-state index is -2.79. The topological polar surface area (TPSA) is 81.8 Å². The van der Waals surface area contributed by atoms with E-state index in [1.165, 1.54) is 39.8 Å². The maximum atomic E-state index is 14.5. The van der Waals surface area contributed by atoms with Gasteiger partial charge in [0.05, 0.1) is 5.88 Å². The molecule has 1 saturated carbocycles. The Kier molecular flexibility index (Phi) is 8.32. The van der Waals surface area contributed by atoms with Crippen LogP contribution in [-0.2, 0) is 14.4 Å². The zero-order chi connectivity index (χ0) is 28.4. The van der Waals surface area contributed by atoms with E-state index >= 15 is 0 Å². The molecule has 2 aliphatic heterocycles. The van der Waals surface area contributed by atoms with E-state index in [1.54, 1.807) is 29.7 Å². The van der Waals surface area contributed by atoms with Crippen LogP contribution in [0, 0.1) is 5.82 Å². The second-order valence-electron chi connectivity index (χ2n) is 10.1. The highest BCUT2D eigenvalue weighted by atomic mass is 35.5. The number of halogens is 4. The number of rotatable bonds is 7. The first-order valence-electron chi connectivity index (χ1n) is 13.0. The highest BCUT2D eigenvalue weighted by Gasteiger charge is 2.45. The van der Waals surface area contributed by atoms with Crippen LogP contribution in [0.3, 0.4) is 0 Å². The summed E-state index contributed by atoms with van der Waals surface area (Å²) in [6.45, 7) is 0. The van der Waals surface area contributed by atoms with Crippen molar-refractivity contribution in [3.05, 3.63) is 76.2 Å². The van der Waals surface area contributed by atoms with E-state index in [1.807, 2.05) is 0 Å². The monoisotopic (exact) mass is 592 g/mol. The van der Waals surface area contributed by atoms with Crippen molar-refractivity contribution < 1.29 is 27.6 Å². The van der Waals surface area contributed by atoms with Gasteiger partial charge < -0.3 is 10.6 Å². The van der Waals surface area contributed by atoms with Gasteiger partial charge in [0, 0.05) is 47.0 Å². The molecular formula is C28H28ClF3N4O3S. The van der Waals surface area contributed by atoms with Crippen molar-refractivity contribution in [3.63, 3.8) is 0 Å². The van der Waals surface area contributed by atoms with Gasteiger partial charge in [0.25, 0.3) is 5.91 Å². The number of hydrogen-bond acceptors (Lipinski definition) is 5. The number of carbonyl (C=O) groups is 3. The summed E-state index contributed by atoms with van der Waals surface area (Å²) >= 11 is 7.99. The fourth-order valence-electron chi connectivity index (χ4n) is 5.39. The van der Waals surface area contributed by atoms with Gasteiger partial charge in [-0.25, -0.2) is 13.2 Å². The number of alkyl halides is 2. The van der Waals surface area contributed by atoms with E-state index in [-0.39, 0.29) is 60.7 Å². The number of thioether (sulfide) groups is 1. The van der Waals surface area contributed by atoms with Crippen molar-refractivity contribution in [2.24, 2.45) is 0 Å². The molecule has 2 atom stereocenters. The third-order valence-corrected chi connectivity index (χ3v) is 8.43. The summed E-state index contributed by atoms with van der Waals surface area (Å²) in [7, 11) is 0. The van der Waals surface area contributed by atoms with Crippen molar-refractivity contribution >= 4 is 46.8 Å². The fraction of sp³-hybridized carbons (Fsp3) is 0.393. The molecule has 212 valence electrons. The molecule has 40 heavy (non-hydrogen) atoms. The van der Waals surface area contributed by atoms with Gasteiger partial charge in [0.2, 0.25) is 17.7 Å². The van der Waals surface area contributed by atoms with E-state index in [9.17, 15) is 27.6 Å². The molecule has 2 fully saturated rings. The fourth-order valence-corrected chi connectivity index (χ4v) is 6.30. The lowest BCUT2D eigenvalue weighted by Crippen LogP contribution is -2.53. The maximum absolute atomic E-state index is 14.5. The van der Waals surface area contributed by atoms with E-state index in [0.29, 0.717) is 11.7 Å². The number of hydrogen-bond donors (Lipinski definition) is 2. The molecule has 1 aliphatic carbocycles. The van der Waals surface area contributed by atoms with Gasteiger partial charge in [-0.2, -0.15) is 0 Å². The minimum absolute atomic E-state index is 0.0737. The van der Waals surface area contributed by atoms with Gasteiger partial charge in [-0.3, -0.25) is 24.2 Å². The van der Waals surface area contributed by atoms with Crippen LogP contribution in [-0.4, -0.2) is 46.5 Å². The number of likely N-dealkylation sites (tertiary alicyclic amines) is 1. The molecule has 2 N–H and O–H groups in total. The van der Waals surface area contributed by atoms with Crippen LogP contribution in [0.25, 0.3) is 0 Å². The van der Waals surface area contributed by atoms with Crippen LogP contribution >= 0.6 is 23.4 Å². The largest absolute Gasteiger partial charge is 0.362 e. The summed E-state index contributed by atoms with van der Waals surface area (Å²) in [5.41, 5.74) is 0.382. The first-order chi connectivity index (χ1) is 19.1. The molecule has 0 unspecified atom stereocenters. The average molecular weight is 593 g/mol. The van der Waals surface area contributed by atoms with Crippen molar-refractivity contribution in [2.45, 2.75) is 62.6 Å². The zero-order valence-electron chi connectivity index (χ0n) is 21.4. The summed E-state index contributed by atoms with van der Waals surface area (Å²) in [5, 5.41) is 7.89. The molecule has 2 aromatic carbocycles. The van der Waals surface area contributed by atoms with Crippen LogP contribution in [0.15, 0.2) is 59.8 Å². The molecule has 2 aromatic rings.